The predicted octanol–water partition coefficient (Wildman–Crippen LogP) is 1.58. The summed E-state index contributed by atoms with van der Waals surface area (Å²) in [6.07, 6.45) is 0.581. The number of carbonyl (C=O) groups excluding carboxylic acids is 1. The Bertz CT molecular complexity index is 365. The molecule has 0 aliphatic carbocycles. The van der Waals surface area contributed by atoms with E-state index in [1.54, 1.807) is 11.8 Å². The molecule has 0 saturated heterocycles. The zero-order chi connectivity index (χ0) is 9.97. The van der Waals surface area contributed by atoms with Gasteiger partial charge >= 0.3 is 0 Å². The number of nitrogens with two attached hydrogens (primary N) is 1. The average Bonchev–Trinajstić information content (AvgIpc) is 2.37. The minimum atomic E-state index is 0.0884. The maximum atomic E-state index is 11.3. The van der Waals surface area contributed by atoms with Crippen molar-refractivity contribution in [2.75, 3.05) is 11.1 Å². The van der Waals surface area contributed by atoms with Gasteiger partial charge in [-0.3, -0.25) is 4.79 Å². The van der Waals surface area contributed by atoms with E-state index in [4.69, 9.17) is 5.73 Å². The molecule has 2 rings (SSSR count). The first-order valence-electron chi connectivity index (χ1n) is 4.55. The van der Waals surface area contributed by atoms with Gasteiger partial charge in [0.2, 0.25) is 5.91 Å². The first-order valence-corrected chi connectivity index (χ1v) is 5.54. The quantitative estimate of drug-likeness (QED) is 0.736. The number of amides is 1. The van der Waals surface area contributed by atoms with E-state index in [2.05, 4.69) is 5.32 Å². The fraction of sp³-hybridized carbons (Fsp3) is 0.300. The zero-order valence-corrected chi connectivity index (χ0v) is 8.56. The van der Waals surface area contributed by atoms with Crippen LogP contribution in [0.25, 0.3) is 0 Å². The van der Waals surface area contributed by atoms with Crippen LogP contribution in [0.2, 0.25) is 0 Å². The molecule has 1 aromatic rings. The van der Waals surface area contributed by atoms with Gasteiger partial charge in [0.15, 0.2) is 0 Å². The number of anilines is 1. The van der Waals surface area contributed by atoms with Crippen molar-refractivity contribution in [3.05, 3.63) is 23.8 Å². The highest BCUT2D eigenvalue weighted by Crippen LogP contribution is 2.31. The standard InChI is InChI=1S/C10H12N2OS/c11-6-7-1-2-9-8(5-7)12-10(13)3-4-14-9/h1-2,5H,3-4,6,11H2,(H,12,13). The Morgan fingerprint density at radius 2 is 2.36 bits per heavy atom. The summed E-state index contributed by atoms with van der Waals surface area (Å²) in [4.78, 5) is 12.4. The van der Waals surface area contributed by atoms with Gasteiger partial charge in [0.25, 0.3) is 0 Å². The Morgan fingerprint density at radius 1 is 1.50 bits per heavy atom. The third kappa shape index (κ3) is 1.91. The molecule has 1 aliphatic heterocycles. The van der Waals surface area contributed by atoms with Crippen molar-refractivity contribution in [1.82, 2.24) is 0 Å². The number of carbonyl (C=O) groups is 1. The molecule has 0 fully saturated rings. The Kier molecular flexibility index (Phi) is 2.74. The summed E-state index contributed by atoms with van der Waals surface area (Å²) >= 11 is 1.71. The summed E-state index contributed by atoms with van der Waals surface area (Å²) in [5, 5.41) is 2.88. The van der Waals surface area contributed by atoms with E-state index < -0.39 is 0 Å². The SMILES string of the molecule is NCc1ccc2c(c1)NC(=O)CCS2. The number of hydrogen-bond donors (Lipinski definition) is 2. The van der Waals surface area contributed by atoms with Crippen LogP contribution in [0.4, 0.5) is 5.69 Å². The van der Waals surface area contributed by atoms with Gasteiger partial charge in [-0.15, -0.1) is 11.8 Å². The highest BCUT2D eigenvalue weighted by molar-refractivity contribution is 7.99. The molecule has 0 bridgehead atoms. The lowest BCUT2D eigenvalue weighted by Gasteiger charge is -2.07. The average molecular weight is 208 g/mol. The van der Waals surface area contributed by atoms with E-state index in [1.165, 1.54) is 0 Å². The zero-order valence-electron chi connectivity index (χ0n) is 7.75. The van der Waals surface area contributed by atoms with Gasteiger partial charge in [0.05, 0.1) is 5.69 Å². The molecule has 4 heteroatoms. The molecule has 1 aliphatic rings. The second kappa shape index (κ2) is 4.02. The van der Waals surface area contributed by atoms with Crippen molar-refractivity contribution >= 4 is 23.4 Å². The Morgan fingerprint density at radius 3 is 3.14 bits per heavy atom. The first-order chi connectivity index (χ1) is 6.79. The Balaban J connectivity index is 2.36. The van der Waals surface area contributed by atoms with Gasteiger partial charge < -0.3 is 11.1 Å². The monoisotopic (exact) mass is 208 g/mol. The van der Waals surface area contributed by atoms with Gasteiger partial charge in [0, 0.05) is 23.6 Å². The highest BCUT2D eigenvalue weighted by atomic mass is 32.2. The van der Waals surface area contributed by atoms with Crippen LogP contribution in [0.15, 0.2) is 23.1 Å². The van der Waals surface area contributed by atoms with Crippen LogP contribution in [0.3, 0.4) is 0 Å². The molecule has 1 amide bonds. The lowest BCUT2D eigenvalue weighted by atomic mass is 10.2. The van der Waals surface area contributed by atoms with Crippen LogP contribution in [-0.4, -0.2) is 11.7 Å². The molecule has 14 heavy (non-hydrogen) atoms. The van der Waals surface area contributed by atoms with Crippen molar-refractivity contribution in [3.8, 4) is 0 Å². The largest absolute Gasteiger partial charge is 0.326 e. The normalized spacial score (nSPS) is 15.6. The van der Waals surface area contributed by atoms with E-state index in [9.17, 15) is 4.79 Å². The predicted molar refractivity (Wildman–Crippen MR) is 58.3 cm³/mol. The molecule has 0 atom stereocenters. The smallest absolute Gasteiger partial charge is 0.225 e. The second-order valence-corrected chi connectivity index (χ2v) is 4.32. The molecule has 3 nitrogen and oxygen atoms in total. The second-order valence-electron chi connectivity index (χ2n) is 3.18. The maximum Gasteiger partial charge on any atom is 0.225 e. The third-order valence-electron chi connectivity index (χ3n) is 2.14. The number of nitrogens with one attached hydrogen (secondary N) is 1. The topological polar surface area (TPSA) is 55.1 Å². The van der Waals surface area contributed by atoms with Gasteiger partial charge in [-0.05, 0) is 17.7 Å². The maximum absolute atomic E-state index is 11.3. The summed E-state index contributed by atoms with van der Waals surface area (Å²) < 4.78 is 0. The lowest BCUT2D eigenvalue weighted by Crippen LogP contribution is -2.10. The van der Waals surface area contributed by atoms with Gasteiger partial charge in [-0.25, -0.2) is 0 Å². The first kappa shape index (κ1) is 9.55. The minimum absolute atomic E-state index is 0.0884. The summed E-state index contributed by atoms with van der Waals surface area (Å²) in [7, 11) is 0. The number of fused-ring (bicyclic) bond motifs is 1. The van der Waals surface area contributed by atoms with Gasteiger partial charge in [-0.2, -0.15) is 0 Å². The van der Waals surface area contributed by atoms with E-state index in [-0.39, 0.29) is 5.91 Å². The number of hydrogen-bond acceptors (Lipinski definition) is 3. The number of benzene rings is 1. The van der Waals surface area contributed by atoms with Crippen LogP contribution in [0, 0.1) is 0 Å². The summed E-state index contributed by atoms with van der Waals surface area (Å²) in [5.74, 6) is 0.936. The van der Waals surface area contributed by atoms with Gasteiger partial charge in [-0.1, -0.05) is 6.07 Å². The molecule has 0 unspecified atom stereocenters. The van der Waals surface area contributed by atoms with E-state index in [0.29, 0.717) is 13.0 Å². The summed E-state index contributed by atoms with van der Waals surface area (Å²) in [6.45, 7) is 0.508. The van der Waals surface area contributed by atoms with E-state index >= 15 is 0 Å². The van der Waals surface area contributed by atoms with Crippen molar-refractivity contribution in [2.45, 2.75) is 17.9 Å². The molecular formula is C10H12N2OS. The fourth-order valence-electron chi connectivity index (χ4n) is 1.39. The van der Waals surface area contributed by atoms with Crippen LogP contribution in [-0.2, 0) is 11.3 Å². The van der Waals surface area contributed by atoms with Crippen LogP contribution < -0.4 is 11.1 Å². The molecular weight excluding hydrogens is 196 g/mol. The van der Waals surface area contributed by atoms with Crippen molar-refractivity contribution < 1.29 is 4.79 Å². The van der Waals surface area contributed by atoms with E-state index in [0.717, 1.165) is 21.9 Å². The van der Waals surface area contributed by atoms with Crippen molar-refractivity contribution in [2.24, 2.45) is 5.73 Å². The highest BCUT2D eigenvalue weighted by Gasteiger charge is 2.12. The molecule has 0 saturated carbocycles. The molecule has 3 N–H and O–H groups in total. The molecule has 0 spiro atoms. The third-order valence-corrected chi connectivity index (χ3v) is 3.22. The summed E-state index contributed by atoms with van der Waals surface area (Å²) in [6, 6.07) is 5.97. The number of rotatable bonds is 1. The Labute approximate surface area is 87.1 Å². The fourth-order valence-corrected chi connectivity index (χ4v) is 2.33. The van der Waals surface area contributed by atoms with E-state index in [1.807, 2.05) is 18.2 Å². The number of thioether (sulfide) groups is 1. The van der Waals surface area contributed by atoms with Crippen LogP contribution >= 0.6 is 11.8 Å². The van der Waals surface area contributed by atoms with Crippen LogP contribution in [0.5, 0.6) is 0 Å². The molecule has 1 aromatic carbocycles. The van der Waals surface area contributed by atoms with Gasteiger partial charge in [0.1, 0.15) is 0 Å². The molecule has 74 valence electrons. The summed E-state index contributed by atoms with van der Waals surface area (Å²) in [5.41, 5.74) is 7.49. The van der Waals surface area contributed by atoms with Crippen molar-refractivity contribution in [3.63, 3.8) is 0 Å². The lowest BCUT2D eigenvalue weighted by molar-refractivity contribution is -0.115. The molecule has 0 aromatic heterocycles. The van der Waals surface area contributed by atoms with Crippen LogP contribution in [0.1, 0.15) is 12.0 Å². The minimum Gasteiger partial charge on any atom is -0.326 e. The molecule has 1 heterocycles. The Hall–Kier alpha value is -1.000. The van der Waals surface area contributed by atoms with Crippen molar-refractivity contribution in [1.29, 1.82) is 0 Å². The molecule has 0 radical (unpaired) electrons.